The highest BCUT2D eigenvalue weighted by Gasteiger charge is 2.64. The van der Waals surface area contributed by atoms with Gasteiger partial charge in [-0.15, -0.1) is 0 Å². The zero-order valence-corrected chi connectivity index (χ0v) is 24.0. The number of esters is 1. The summed E-state index contributed by atoms with van der Waals surface area (Å²) in [7, 11) is 0. The largest absolute Gasteiger partial charge is 0.462 e. The molecule has 4 fully saturated rings. The van der Waals surface area contributed by atoms with Crippen LogP contribution in [0.15, 0.2) is 11.6 Å². The van der Waals surface area contributed by atoms with Crippen molar-refractivity contribution in [1.82, 2.24) is 5.32 Å². The van der Waals surface area contributed by atoms with Crippen LogP contribution in [0.2, 0.25) is 0 Å². The topological polar surface area (TPSA) is 75.6 Å². The first-order chi connectivity index (χ1) is 16.8. The number of carbonyl (C=O) groups excluding carboxylic acids is 2. The Morgan fingerprint density at radius 1 is 0.944 bits per heavy atom. The van der Waals surface area contributed by atoms with E-state index in [0.29, 0.717) is 35.5 Å². The number of carbonyl (C=O) groups is 2. The lowest BCUT2D eigenvalue weighted by Gasteiger charge is -2.62. The summed E-state index contributed by atoms with van der Waals surface area (Å²) in [5, 5.41) is 14.6. The van der Waals surface area contributed by atoms with Crippen molar-refractivity contribution in [3.8, 4) is 0 Å². The summed E-state index contributed by atoms with van der Waals surface area (Å²) in [5.74, 6) is 3.24. The van der Waals surface area contributed by atoms with Crippen LogP contribution in [0.3, 0.4) is 0 Å². The molecule has 5 nitrogen and oxygen atoms in total. The summed E-state index contributed by atoms with van der Waals surface area (Å²) in [6.45, 7) is 17.3. The van der Waals surface area contributed by atoms with Gasteiger partial charge in [0, 0.05) is 18.9 Å². The number of aliphatic hydroxyl groups excluding tert-OH is 1. The van der Waals surface area contributed by atoms with E-state index in [0.717, 1.165) is 37.7 Å². The van der Waals surface area contributed by atoms with Crippen molar-refractivity contribution in [2.75, 3.05) is 0 Å². The maximum absolute atomic E-state index is 12.4. The predicted molar refractivity (Wildman–Crippen MR) is 143 cm³/mol. The Labute approximate surface area is 219 Å². The first-order valence-corrected chi connectivity index (χ1v) is 14.6. The molecule has 4 aliphatic rings. The molecule has 0 aromatic heterocycles. The summed E-state index contributed by atoms with van der Waals surface area (Å²) >= 11 is 0. The first-order valence-electron chi connectivity index (χ1n) is 14.6. The number of rotatable bonds is 5. The lowest BCUT2D eigenvalue weighted by molar-refractivity contribution is -0.157. The molecule has 4 rings (SSSR count). The Morgan fingerprint density at radius 2 is 1.61 bits per heavy atom. The van der Waals surface area contributed by atoms with Gasteiger partial charge in [0.25, 0.3) is 0 Å². The fourth-order valence-corrected chi connectivity index (χ4v) is 9.69. The van der Waals surface area contributed by atoms with Crippen molar-refractivity contribution < 1.29 is 19.4 Å². The average Bonchev–Trinajstić information content (AvgIpc) is 3.05. The molecule has 0 bridgehead atoms. The smallest absolute Gasteiger partial charge is 0.302 e. The van der Waals surface area contributed by atoms with E-state index in [1.165, 1.54) is 12.8 Å². The third kappa shape index (κ3) is 4.67. The number of allylic oxidation sites excluding steroid dienone is 1. The highest BCUT2D eigenvalue weighted by atomic mass is 16.5. The molecule has 0 aliphatic heterocycles. The number of ether oxygens (including phenoxy) is 1. The second-order valence-electron chi connectivity index (χ2n) is 14.0. The lowest BCUT2D eigenvalue weighted by Crippen LogP contribution is -2.61. The fraction of sp³-hybridized carbons (Fsp3) is 0.871. The molecule has 4 aliphatic carbocycles. The van der Waals surface area contributed by atoms with E-state index in [1.807, 2.05) is 13.8 Å². The molecule has 0 saturated heterocycles. The van der Waals surface area contributed by atoms with Crippen molar-refractivity contribution >= 4 is 11.9 Å². The van der Waals surface area contributed by atoms with E-state index < -0.39 is 6.10 Å². The van der Waals surface area contributed by atoms with Crippen LogP contribution in [0.4, 0.5) is 0 Å². The first kappa shape index (κ1) is 27.7. The minimum atomic E-state index is -0.487. The van der Waals surface area contributed by atoms with Gasteiger partial charge in [-0.2, -0.15) is 0 Å². The molecular formula is C31H51NO4. The summed E-state index contributed by atoms with van der Waals surface area (Å²) in [6.07, 6.45) is 8.57. The zero-order valence-electron chi connectivity index (χ0n) is 24.0. The van der Waals surface area contributed by atoms with Crippen LogP contribution in [0.1, 0.15) is 100 Å². The third-order valence-electron chi connectivity index (χ3n) is 11.5. The van der Waals surface area contributed by atoms with E-state index in [1.54, 1.807) is 13.0 Å². The molecule has 11 atom stereocenters. The van der Waals surface area contributed by atoms with E-state index in [2.05, 4.69) is 39.9 Å². The summed E-state index contributed by atoms with van der Waals surface area (Å²) < 4.78 is 6.04. The molecule has 36 heavy (non-hydrogen) atoms. The van der Waals surface area contributed by atoms with E-state index in [4.69, 9.17) is 4.74 Å². The number of fused-ring (bicyclic) bond motifs is 5. The fourth-order valence-electron chi connectivity index (χ4n) is 9.69. The monoisotopic (exact) mass is 501 g/mol. The number of hydrogen-bond donors (Lipinski definition) is 2. The van der Waals surface area contributed by atoms with Crippen LogP contribution in [-0.4, -0.2) is 35.2 Å². The van der Waals surface area contributed by atoms with E-state index in [9.17, 15) is 14.7 Å². The normalized spacial score (nSPS) is 44.6. The van der Waals surface area contributed by atoms with Crippen molar-refractivity contribution in [2.45, 2.75) is 119 Å². The Balaban J connectivity index is 1.56. The van der Waals surface area contributed by atoms with Crippen LogP contribution >= 0.6 is 0 Å². The standard InChI is InChI=1S/C31H51NO4/c1-17(2)15-27(34)32-25-12-14-30(7)22-11-13-31(8)24(21(22)9-10-23(30)29(25)35)16-26(36-20(6)33)28(31)19(5)18(3)4/h15,18-19,21-26,28-29,35H,9-14,16H2,1-8H3,(H,32,34)/t19-,21-,22+,23+,24+,25+,26+,28+,29-,30-,31+/m1/s1. The van der Waals surface area contributed by atoms with E-state index in [-0.39, 0.29) is 40.8 Å². The molecule has 0 spiro atoms. The number of hydrogen-bond acceptors (Lipinski definition) is 4. The number of nitrogens with one attached hydrogen (secondary N) is 1. The van der Waals surface area contributed by atoms with Crippen LogP contribution in [0, 0.1) is 52.3 Å². The minimum absolute atomic E-state index is 0.0193. The highest BCUT2D eigenvalue weighted by Crippen LogP contribution is 2.68. The van der Waals surface area contributed by atoms with Gasteiger partial charge in [0.05, 0.1) is 12.1 Å². The van der Waals surface area contributed by atoms with Crippen LogP contribution < -0.4 is 5.32 Å². The summed E-state index contributed by atoms with van der Waals surface area (Å²) in [6, 6.07) is -0.160. The molecule has 0 radical (unpaired) electrons. The maximum atomic E-state index is 12.4. The van der Waals surface area contributed by atoms with Crippen molar-refractivity contribution in [3.63, 3.8) is 0 Å². The molecular weight excluding hydrogens is 450 g/mol. The molecule has 5 heteroatoms. The molecule has 0 aromatic rings. The Bertz CT molecular complexity index is 878. The molecule has 0 unspecified atom stereocenters. The SMILES string of the molecule is CC(=O)O[C@H]1C[C@H]2[C@@H]3CC[C@H]4[C@@H](O)[C@@H](NC(=O)C=C(C)C)CC[C@]4(C)[C@H]3CC[C@]2(C)[C@H]1[C@H](C)C(C)C. The second kappa shape index (κ2) is 10.1. The zero-order chi connectivity index (χ0) is 26.6. The third-order valence-corrected chi connectivity index (χ3v) is 11.5. The average molecular weight is 502 g/mol. The van der Waals surface area contributed by atoms with Gasteiger partial charge in [-0.1, -0.05) is 40.2 Å². The summed E-state index contributed by atoms with van der Waals surface area (Å²) in [4.78, 5) is 24.5. The van der Waals surface area contributed by atoms with E-state index >= 15 is 0 Å². The molecule has 0 aromatic carbocycles. The predicted octanol–water partition coefficient (Wildman–Crippen LogP) is 5.90. The van der Waals surface area contributed by atoms with Gasteiger partial charge in [-0.3, -0.25) is 9.59 Å². The van der Waals surface area contributed by atoms with Gasteiger partial charge < -0.3 is 15.2 Å². The van der Waals surface area contributed by atoms with Gasteiger partial charge in [0.15, 0.2) is 0 Å². The molecule has 204 valence electrons. The molecule has 4 saturated carbocycles. The van der Waals surface area contributed by atoms with Crippen LogP contribution in [-0.2, 0) is 14.3 Å². The molecule has 1 amide bonds. The van der Waals surface area contributed by atoms with Gasteiger partial charge in [-0.05, 0) is 105 Å². The minimum Gasteiger partial charge on any atom is -0.462 e. The quantitative estimate of drug-likeness (QED) is 0.363. The molecule has 0 heterocycles. The van der Waals surface area contributed by atoms with Crippen LogP contribution in [0.25, 0.3) is 0 Å². The lowest BCUT2D eigenvalue weighted by atomic mass is 9.43. The Hall–Kier alpha value is -1.36. The Morgan fingerprint density at radius 3 is 2.22 bits per heavy atom. The number of aliphatic hydroxyl groups is 1. The van der Waals surface area contributed by atoms with Crippen molar-refractivity contribution in [2.24, 2.45) is 52.3 Å². The van der Waals surface area contributed by atoms with Gasteiger partial charge in [0.2, 0.25) is 5.91 Å². The Kier molecular flexibility index (Phi) is 7.74. The second-order valence-corrected chi connectivity index (χ2v) is 14.0. The maximum Gasteiger partial charge on any atom is 0.302 e. The van der Waals surface area contributed by atoms with Crippen LogP contribution in [0.5, 0.6) is 0 Å². The number of amides is 1. The molecule has 2 N–H and O–H groups in total. The highest BCUT2D eigenvalue weighted by molar-refractivity contribution is 5.88. The van der Waals surface area contributed by atoms with Gasteiger partial charge >= 0.3 is 5.97 Å². The van der Waals surface area contributed by atoms with Crippen molar-refractivity contribution in [1.29, 1.82) is 0 Å². The van der Waals surface area contributed by atoms with Gasteiger partial charge in [0.1, 0.15) is 6.10 Å². The summed E-state index contributed by atoms with van der Waals surface area (Å²) in [5.41, 5.74) is 1.27. The van der Waals surface area contributed by atoms with Gasteiger partial charge in [-0.25, -0.2) is 0 Å². The van der Waals surface area contributed by atoms with Crippen molar-refractivity contribution in [3.05, 3.63) is 11.6 Å².